The monoisotopic (exact) mass is 306 g/mol. The predicted octanol–water partition coefficient (Wildman–Crippen LogP) is 4.67. The van der Waals surface area contributed by atoms with Gasteiger partial charge in [-0.15, -0.1) is 11.8 Å². The van der Waals surface area contributed by atoms with E-state index in [-0.39, 0.29) is 6.61 Å². The standard InChI is InChI=1S/C17H19ClOS/c18-16-8-6-14(7-9-16)12-15(13-19)10-11-20-17-4-2-1-3-5-17/h1-9,15,19H,10-13H2. The van der Waals surface area contributed by atoms with Crippen molar-refractivity contribution in [3.8, 4) is 0 Å². The van der Waals surface area contributed by atoms with Gasteiger partial charge in [-0.2, -0.15) is 0 Å². The fourth-order valence-electron chi connectivity index (χ4n) is 2.07. The first-order valence-corrected chi connectivity index (χ1v) is 8.17. The number of aliphatic hydroxyl groups excluding tert-OH is 1. The van der Waals surface area contributed by atoms with E-state index in [0.29, 0.717) is 5.92 Å². The van der Waals surface area contributed by atoms with Crippen LogP contribution in [0.1, 0.15) is 12.0 Å². The van der Waals surface area contributed by atoms with Gasteiger partial charge >= 0.3 is 0 Å². The highest BCUT2D eigenvalue weighted by Gasteiger charge is 2.09. The summed E-state index contributed by atoms with van der Waals surface area (Å²) in [4.78, 5) is 1.29. The first kappa shape index (κ1) is 15.4. The Bertz CT molecular complexity index is 498. The van der Waals surface area contributed by atoms with E-state index >= 15 is 0 Å². The van der Waals surface area contributed by atoms with Crippen LogP contribution in [0.3, 0.4) is 0 Å². The summed E-state index contributed by atoms with van der Waals surface area (Å²) in [6.45, 7) is 0.234. The van der Waals surface area contributed by atoms with Crippen molar-refractivity contribution in [3.63, 3.8) is 0 Å². The van der Waals surface area contributed by atoms with Gasteiger partial charge in [-0.25, -0.2) is 0 Å². The second-order valence-electron chi connectivity index (χ2n) is 4.83. The normalized spacial score (nSPS) is 12.3. The number of hydrogen-bond acceptors (Lipinski definition) is 2. The van der Waals surface area contributed by atoms with E-state index in [1.54, 1.807) is 0 Å². The number of hydrogen-bond donors (Lipinski definition) is 1. The number of rotatable bonds is 7. The van der Waals surface area contributed by atoms with E-state index in [4.69, 9.17) is 11.6 Å². The largest absolute Gasteiger partial charge is 0.396 e. The van der Waals surface area contributed by atoms with Crippen molar-refractivity contribution < 1.29 is 5.11 Å². The third kappa shape index (κ3) is 5.20. The fraction of sp³-hybridized carbons (Fsp3) is 0.294. The van der Waals surface area contributed by atoms with Crippen molar-refractivity contribution in [3.05, 3.63) is 65.2 Å². The molecule has 0 saturated carbocycles. The Balaban J connectivity index is 1.79. The zero-order chi connectivity index (χ0) is 14.2. The molecule has 3 heteroatoms. The zero-order valence-electron chi connectivity index (χ0n) is 11.3. The average molecular weight is 307 g/mol. The Hall–Kier alpha value is -0.960. The summed E-state index contributed by atoms with van der Waals surface area (Å²) in [6.07, 6.45) is 1.92. The van der Waals surface area contributed by atoms with Gasteiger partial charge in [0.15, 0.2) is 0 Å². The highest BCUT2D eigenvalue weighted by Crippen LogP contribution is 2.22. The van der Waals surface area contributed by atoms with Gasteiger partial charge < -0.3 is 5.11 Å². The van der Waals surface area contributed by atoms with Gasteiger partial charge in [0.1, 0.15) is 0 Å². The highest BCUT2D eigenvalue weighted by molar-refractivity contribution is 7.99. The maximum Gasteiger partial charge on any atom is 0.0462 e. The van der Waals surface area contributed by atoms with Crippen LogP contribution in [0.5, 0.6) is 0 Å². The third-order valence-electron chi connectivity index (χ3n) is 3.23. The second-order valence-corrected chi connectivity index (χ2v) is 6.43. The number of benzene rings is 2. The van der Waals surface area contributed by atoms with Crippen LogP contribution in [-0.2, 0) is 6.42 Å². The summed E-state index contributed by atoms with van der Waals surface area (Å²) in [7, 11) is 0. The summed E-state index contributed by atoms with van der Waals surface area (Å²) >= 11 is 7.73. The SMILES string of the molecule is OCC(CCSc1ccccc1)Cc1ccc(Cl)cc1. The van der Waals surface area contributed by atoms with Gasteiger partial charge in [-0.3, -0.25) is 0 Å². The molecular weight excluding hydrogens is 288 g/mol. The van der Waals surface area contributed by atoms with E-state index in [0.717, 1.165) is 23.6 Å². The molecular formula is C17H19ClOS. The molecule has 0 radical (unpaired) electrons. The lowest BCUT2D eigenvalue weighted by Gasteiger charge is -2.14. The molecule has 0 saturated heterocycles. The van der Waals surface area contributed by atoms with Crippen molar-refractivity contribution in [2.24, 2.45) is 5.92 Å². The Morgan fingerprint density at radius 3 is 2.35 bits per heavy atom. The lowest BCUT2D eigenvalue weighted by Crippen LogP contribution is -2.10. The van der Waals surface area contributed by atoms with Gasteiger partial charge in [0, 0.05) is 16.5 Å². The summed E-state index contributed by atoms with van der Waals surface area (Å²) in [5.41, 5.74) is 1.23. The van der Waals surface area contributed by atoms with Gasteiger partial charge in [0.05, 0.1) is 0 Å². The van der Waals surface area contributed by atoms with E-state index in [1.807, 2.05) is 42.1 Å². The molecule has 2 aromatic rings. The lowest BCUT2D eigenvalue weighted by molar-refractivity contribution is 0.223. The molecule has 1 N–H and O–H groups in total. The summed E-state index contributed by atoms with van der Waals surface area (Å²) in [6, 6.07) is 18.3. The van der Waals surface area contributed by atoms with Crippen LogP contribution in [0, 0.1) is 5.92 Å². The van der Waals surface area contributed by atoms with Crippen molar-refractivity contribution in [1.82, 2.24) is 0 Å². The lowest BCUT2D eigenvalue weighted by atomic mass is 9.98. The molecule has 0 aliphatic heterocycles. The van der Waals surface area contributed by atoms with Crippen LogP contribution in [0.25, 0.3) is 0 Å². The van der Waals surface area contributed by atoms with Gasteiger partial charge in [-0.1, -0.05) is 41.9 Å². The Morgan fingerprint density at radius 2 is 1.70 bits per heavy atom. The van der Waals surface area contributed by atoms with Crippen LogP contribution in [0.15, 0.2) is 59.5 Å². The fourth-order valence-corrected chi connectivity index (χ4v) is 3.23. The van der Waals surface area contributed by atoms with Crippen molar-refractivity contribution >= 4 is 23.4 Å². The molecule has 2 aromatic carbocycles. The van der Waals surface area contributed by atoms with Gasteiger partial charge in [-0.05, 0) is 54.3 Å². The van der Waals surface area contributed by atoms with Gasteiger partial charge in [0.2, 0.25) is 0 Å². The predicted molar refractivity (Wildman–Crippen MR) is 87.5 cm³/mol. The van der Waals surface area contributed by atoms with E-state index < -0.39 is 0 Å². The quantitative estimate of drug-likeness (QED) is 0.750. The minimum Gasteiger partial charge on any atom is -0.396 e. The molecule has 0 heterocycles. The first-order valence-electron chi connectivity index (χ1n) is 6.81. The van der Waals surface area contributed by atoms with Gasteiger partial charge in [0.25, 0.3) is 0 Å². The van der Waals surface area contributed by atoms with Crippen molar-refractivity contribution in [2.75, 3.05) is 12.4 Å². The molecule has 1 unspecified atom stereocenters. The summed E-state index contributed by atoms with van der Waals surface area (Å²) in [5, 5.41) is 10.3. The van der Waals surface area contributed by atoms with Crippen molar-refractivity contribution in [1.29, 1.82) is 0 Å². The van der Waals surface area contributed by atoms with E-state index in [2.05, 4.69) is 24.3 Å². The molecule has 1 nitrogen and oxygen atoms in total. The molecule has 0 bridgehead atoms. The third-order valence-corrected chi connectivity index (χ3v) is 4.53. The molecule has 0 aliphatic rings. The van der Waals surface area contributed by atoms with E-state index in [9.17, 15) is 5.11 Å². The number of thioether (sulfide) groups is 1. The molecule has 0 aliphatic carbocycles. The van der Waals surface area contributed by atoms with Crippen LogP contribution in [0.2, 0.25) is 5.02 Å². The average Bonchev–Trinajstić information content (AvgIpc) is 2.49. The summed E-state index contributed by atoms with van der Waals surface area (Å²) < 4.78 is 0. The molecule has 0 amide bonds. The van der Waals surface area contributed by atoms with Crippen molar-refractivity contribution in [2.45, 2.75) is 17.7 Å². The maximum absolute atomic E-state index is 9.50. The van der Waals surface area contributed by atoms with E-state index in [1.165, 1.54) is 10.5 Å². The smallest absolute Gasteiger partial charge is 0.0462 e. The van der Waals surface area contributed by atoms with Crippen LogP contribution >= 0.6 is 23.4 Å². The first-order chi connectivity index (χ1) is 9.78. The Labute approximate surface area is 130 Å². The molecule has 1 atom stereocenters. The van der Waals surface area contributed by atoms with Crippen LogP contribution in [0.4, 0.5) is 0 Å². The zero-order valence-corrected chi connectivity index (χ0v) is 12.9. The second kappa shape index (κ2) is 8.35. The molecule has 20 heavy (non-hydrogen) atoms. The minimum atomic E-state index is 0.234. The topological polar surface area (TPSA) is 20.2 Å². The molecule has 106 valence electrons. The van der Waals surface area contributed by atoms with Crippen LogP contribution in [-0.4, -0.2) is 17.5 Å². The molecule has 0 aromatic heterocycles. The molecule has 0 fully saturated rings. The number of halogens is 1. The van der Waals surface area contributed by atoms with Crippen LogP contribution < -0.4 is 0 Å². The maximum atomic E-state index is 9.50. The molecule has 2 rings (SSSR count). The number of aliphatic hydroxyl groups is 1. The Kier molecular flexibility index (Phi) is 6.44. The summed E-state index contributed by atoms with van der Waals surface area (Å²) in [5.74, 6) is 1.34. The minimum absolute atomic E-state index is 0.234. The highest BCUT2D eigenvalue weighted by atomic mass is 35.5. The molecule has 0 spiro atoms. The Morgan fingerprint density at radius 1 is 1.00 bits per heavy atom.